The van der Waals surface area contributed by atoms with Gasteiger partial charge in [-0.1, -0.05) is 97.8 Å². The topological polar surface area (TPSA) is 59.1 Å². The van der Waals surface area contributed by atoms with Gasteiger partial charge >= 0.3 is 12.2 Å². The molecule has 6 heteroatoms. The lowest BCUT2D eigenvalue weighted by molar-refractivity contribution is 0.0923. The Hall–Kier alpha value is -4.58. The van der Waals surface area contributed by atoms with E-state index >= 15 is 0 Å². The Balaban J connectivity index is 1.08. The first kappa shape index (κ1) is 33.5. The normalized spacial score (nSPS) is 35.0. The summed E-state index contributed by atoms with van der Waals surface area (Å²) in [6, 6.07) is 32.9. The number of fused-ring (bicyclic) bond motifs is 13. The van der Waals surface area contributed by atoms with Gasteiger partial charge in [-0.2, -0.15) is 0 Å². The van der Waals surface area contributed by atoms with Crippen molar-refractivity contribution < 1.29 is 19.1 Å². The standard InChI is InChI=1S/C50H52N2O4/c1-55-45(53)51-25-23-48(38-16-6-4-12-32(38)28-43(48)51)40-18-8-20-42-36(40)30-44-50(42,24-26-52(44)46(54)56-2)49-22-10-14-34(49)29-35-39(17-7-19-41(35)49)47-21-9-13-33(47)27-31-11-3-5-15-37(31)47/h3-8,11-12,15-20,33-34,43-44H,9-10,13-14,21-30H2,1-2H3/t33?,34-,43?,44+,47+,48+,49+,50+/m0/s1. The van der Waals surface area contributed by atoms with Gasteiger partial charge < -0.3 is 19.3 Å². The monoisotopic (exact) mass is 744 g/mol. The molecule has 8 aliphatic rings. The maximum atomic E-state index is 14.0. The molecule has 2 heterocycles. The summed E-state index contributed by atoms with van der Waals surface area (Å²) >= 11 is 0. The predicted octanol–water partition coefficient (Wildman–Crippen LogP) is 8.94. The van der Waals surface area contributed by atoms with Gasteiger partial charge in [-0.15, -0.1) is 0 Å². The van der Waals surface area contributed by atoms with Crippen molar-refractivity contribution in [1.82, 2.24) is 9.80 Å². The van der Waals surface area contributed by atoms with Gasteiger partial charge in [-0.3, -0.25) is 0 Å². The summed E-state index contributed by atoms with van der Waals surface area (Å²) in [6.45, 7) is 1.39. The second kappa shape index (κ2) is 11.5. The van der Waals surface area contributed by atoms with E-state index in [0.29, 0.717) is 18.4 Å². The first-order valence-corrected chi connectivity index (χ1v) is 21.6. The maximum Gasteiger partial charge on any atom is 0.409 e. The van der Waals surface area contributed by atoms with Crippen molar-refractivity contribution in [3.63, 3.8) is 0 Å². The number of methoxy groups -OCH3 is 2. The summed E-state index contributed by atoms with van der Waals surface area (Å²) in [6.07, 6.45) is 12.8. The molecule has 6 nitrogen and oxygen atoms in total. The Kier molecular flexibility index (Phi) is 6.90. The van der Waals surface area contributed by atoms with Gasteiger partial charge in [-0.05, 0) is 132 Å². The quantitative estimate of drug-likeness (QED) is 0.210. The number of ether oxygens (including phenoxy) is 2. The minimum Gasteiger partial charge on any atom is -0.453 e. The van der Waals surface area contributed by atoms with E-state index in [1.165, 1.54) is 73.5 Å². The fraction of sp³-hybridized carbons (Fsp3) is 0.480. The van der Waals surface area contributed by atoms with E-state index in [-0.39, 0.29) is 45.9 Å². The zero-order valence-electron chi connectivity index (χ0n) is 32.8. The second-order valence-electron chi connectivity index (χ2n) is 18.7. The number of carbonyl (C=O) groups is 2. The van der Waals surface area contributed by atoms with Crippen LogP contribution in [0.25, 0.3) is 0 Å². The third-order valence-corrected chi connectivity index (χ3v) is 17.6. The zero-order valence-corrected chi connectivity index (χ0v) is 32.8. The van der Waals surface area contributed by atoms with Gasteiger partial charge in [-0.25, -0.2) is 9.59 Å². The zero-order chi connectivity index (χ0) is 37.6. The molecule has 286 valence electrons. The molecule has 2 saturated heterocycles. The summed E-state index contributed by atoms with van der Waals surface area (Å²) in [7, 11) is 3.07. The van der Waals surface area contributed by atoms with Gasteiger partial charge in [0.15, 0.2) is 0 Å². The number of amides is 2. The van der Waals surface area contributed by atoms with Crippen molar-refractivity contribution in [2.75, 3.05) is 27.3 Å². The molecule has 0 radical (unpaired) electrons. The predicted molar refractivity (Wildman–Crippen MR) is 215 cm³/mol. The first-order chi connectivity index (χ1) is 27.4. The Morgan fingerprint density at radius 1 is 0.518 bits per heavy atom. The Morgan fingerprint density at radius 3 is 1.82 bits per heavy atom. The molecule has 2 aliphatic heterocycles. The Bertz CT molecular complexity index is 2350. The van der Waals surface area contributed by atoms with Crippen LogP contribution in [0.2, 0.25) is 0 Å². The lowest BCUT2D eigenvalue weighted by atomic mass is 9.53. The third-order valence-electron chi connectivity index (χ3n) is 17.6. The van der Waals surface area contributed by atoms with Crippen LogP contribution in [-0.4, -0.2) is 61.4 Å². The highest BCUT2D eigenvalue weighted by molar-refractivity contribution is 5.74. The summed E-state index contributed by atoms with van der Waals surface area (Å²) in [5.74, 6) is 1.20. The summed E-state index contributed by atoms with van der Waals surface area (Å²) < 4.78 is 11.0. The molecule has 4 aromatic carbocycles. The van der Waals surface area contributed by atoms with Crippen molar-refractivity contribution in [2.24, 2.45) is 11.8 Å². The number of hydrogen-bond acceptors (Lipinski definition) is 4. The van der Waals surface area contributed by atoms with Crippen LogP contribution in [0.5, 0.6) is 0 Å². The average Bonchev–Trinajstić information content (AvgIpc) is 4.09. The number of likely N-dealkylation sites (tertiary alicyclic amines) is 2. The molecule has 2 amide bonds. The molecule has 4 aromatic rings. The van der Waals surface area contributed by atoms with E-state index in [0.717, 1.165) is 45.1 Å². The fourth-order valence-corrected chi connectivity index (χ4v) is 16.1. The number of hydrogen-bond donors (Lipinski definition) is 0. The SMILES string of the molecule is COC(=O)N1CC[C@]2(c3cccc4c3C[C@H]3N(C(=O)OC)CC[C@@]43[C@]34CCC[C@H]3Cc3c([C@]56CCCC5Cc5ccccc56)cccc34)c3ccccc3CC12. The molecule has 6 aliphatic carbocycles. The van der Waals surface area contributed by atoms with Crippen LogP contribution in [-0.2, 0) is 56.8 Å². The lowest BCUT2D eigenvalue weighted by Crippen LogP contribution is -2.55. The van der Waals surface area contributed by atoms with Gasteiger partial charge in [0.2, 0.25) is 0 Å². The van der Waals surface area contributed by atoms with Crippen molar-refractivity contribution in [2.45, 2.75) is 111 Å². The van der Waals surface area contributed by atoms with Crippen LogP contribution in [0.4, 0.5) is 9.59 Å². The molecule has 12 rings (SSSR count). The van der Waals surface area contributed by atoms with Crippen LogP contribution in [0, 0.1) is 11.8 Å². The largest absolute Gasteiger partial charge is 0.453 e. The smallest absolute Gasteiger partial charge is 0.409 e. The minimum absolute atomic E-state index is 0.00740. The van der Waals surface area contributed by atoms with Crippen molar-refractivity contribution >= 4 is 12.2 Å². The molecule has 56 heavy (non-hydrogen) atoms. The van der Waals surface area contributed by atoms with E-state index in [9.17, 15) is 9.59 Å². The number of benzene rings is 4. The molecule has 0 spiro atoms. The molecular formula is C50H52N2O4. The van der Waals surface area contributed by atoms with Crippen LogP contribution >= 0.6 is 0 Å². The molecule has 0 aromatic heterocycles. The van der Waals surface area contributed by atoms with Crippen LogP contribution in [0.3, 0.4) is 0 Å². The van der Waals surface area contributed by atoms with Crippen LogP contribution in [0.15, 0.2) is 84.9 Å². The van der Waals surface area contributed by atoms with E-state index in [4.69, 9.17) is 9.47 Å². The Labute approximate surface area is 330 Å². The number of nitrogens with zero attached hydrogens (tertiary/aromatic N) is 2. The summed E-state index contributed by atoms with van der Waals surface area (Å²) in [4.78, 5) is 31.5. The molecule has 4 fully saturated rings. The van der Waals surface area contributed by atoms with E-state index in [2.05, 4.69) is 89.8 Å². The van der Waals surface area contributed by atoms with E-state index in [1.54, 1.807) is 34.9 Å². The lowest BCUT2D eigenvalue weighted by Gasteiger charge is -2.50. The first-order valence-electron chi connectivity index (χ1n) is 21.6. The van der Waals surface area contributed by atoms with Crippen LogP contribution < -0.4 is 0 Å². The molecule has 8 atom stereocenters. The summed E-state index contributed by atoms with van der Waals surface area (Å²) in [5, 5.41) is 0. The fourth-order valence-electron chi connectivity index (χ4n) is 16.1. The highest BCUT2D eigenvalue weighted by Gasteiger charge is 2.71. The van der Waals surface area contributed by atoms with Crippen molar-refractivity contribution in [1.29, 1.82) is 0 Å². The second-order valence-corrected chi connectivity index (χ2v) is 18.7. The minimum atomic E-state index is -0.327. The third kappa shape index (κ3) is 3.72. The summed E-state index contributed by atoms with van der Waals surface area (Å²) in [5.41, 5.74) is 14.4. The molecule has 0 bridgehead atoms. The van der Waals surface area contributed by atoms with Crippen molar-refractivity contribution in [3.8, 4) is 0 Å². The maximum absolute atomic E-state index is 14.0. The molecular weight excluding hydrogens is 693 g/mol. The van der Waals surface area contributed by atoms with Crippen LogP contribution in [0.1, 0.15) is 107 Å². The van der Waals surface area contributed by atoms with Gasteiger partial charge in [0.25, 0.3) is 0 Å². The van der Waals surface area contributed by atoms with E-state index < -0.39 is 0 Å². The molecule has 2 unspecified atom stereocenters. The van der Waals surface area contributed by atoms with Gasteiger partial charge in [0.05, 0.1) is 20.3 Å². The highest BCUT2D eigenvalue weighted by atomic mass is 16.5. The van der Waals surface area contributed by atoms with E-state index in [1.807, 2.05) is 4.90 Å². The Morgan fingerprint density at radius 2 is 1.07 bits per heavy atom. The van der Waals surface area contributed by atoms with Crippen molar-refractivity contribution in [3.05, 3.63) is 141 Å². The highest BCUT2D eigenvalue weighted by Crippen LogP contribution is 2.71. The number of rotatable bonds is 3. The van der Waals surface area contributed by atoms with Gasteiger partial charge in [0, 0.05) is 40.8 Å². The number of carbonyl (C=O) groups excluding carboxylic acids is 2. The molecule has 0 N–H and O–H groups in total. The average molecular weight is 745 g/mol. The molecule has 2 saturated carbocycles. The van der Waals surface area contributed by atoms with Gasteiger partial charge in [0.1, 0.15) is 0 Å².